The Morgan fingerprint density at radius 2 is 2.08 bits per heavy atom. The molecule has 0 unspecified atom stereocenters. The molecule has 0 saturated heterocycles. The van der Waals surface area contributed by atoms with Gasteiger partial charge in [-0.1, -0.05) is 17.8 Å². The molecule has 1 aromatic carbocycles. The standard InChI is InChI=1S/C18H15FN4OS/c1-12-4-5-14(9-15(12)19)21-17(24)11-25-18-7-6-16(22-23-18)13-3-2-8-20-10-13/h2-10H,11H2,1H3,(H,21,24). The van der Waals surface area contributed by atoms with Gasteiger partial charge in [0.25, 0.3) is 0 Å². The number of thioether (sulfide) groups is 1. The Bertz CT molecular complexity index is 872. The van der Waals surface area contributed by atoms with Crippen LogP contribution in [0.2, 0.25) is 0 Å². The Hall–Kier alpha value is -2.80. The van der Waals surface area contributed by atoms with Gasteiger partial charge in [-0.3, -0.25) is 9.78 Å². The Morgan fingerprint density at radius 3 is 2.76 bits per heavy atom. The van der Waals surface area contributed by atoms with Gasteiger partial charge in [-0.25, -0.2) is 4.39 Å². The van der Waals surface area contributed by atoms with Crippen LogP contribution in [0.4, 0.5) is 10.1 Å². The van der Waals surface area contributed by atoms with Gasteiger partial charge in [0, 0.05) is 23.6 Å². The largest absolute Gasteiger partial charge is 0.325 e. The Labute approximate surface area is 148 Å². The number of nitrogens with zero attached hydrogens (tertiary/aromatic N) is 3. The molecule has 0 atom stereocenters. The molecule has 1 N–H and O–H groups in total. The predicted molar refractivity (Wildman–Crippen MR) is 95.8 cm³/mol. The number of carbonyl (C=O) groups excluding carboxylic acids is 1. The second kappa shape index (κ2) is 7.85. The smallest absolute Gasteiger partial charge is 0.234 e. The maximum Gasteiger partial charge on any atom is 0.234 e. The van der Waals surface area contributed by atoms with E-state index in [-0.39, 0.29) is 17.5 Å². The van der Waals surface area contributed by atoms with Crippen LogP contribution in [0.3, 0.4) is 0 Å². The van der Waals surface area contributed by atoms with Crippen molar-refractivity contribution in [2.75, 3.05) is 11.1 Å². The maximum absolute atomic E-state index is 13.5. The van der Waals surface area contributed by atoms with Crippen LogP contribution in [0.5, 0.6) is 0 Å². The van der Waals surface area contributed by atoms with Crippen molar-refractivity contribution in [3.05, 3.63) is 66.2 Å². The lowest BCUT2D eigenvalue weighted by molar-refractivity contribution is -0.113. The second-order valence-corrected chi connectivity index (χ2v) is 6.29. The molecule has 0 saturated carbocycles. The van der Waals surface area contributed by atoms with Crippen molar-refractivity contribution in [3.63, 3.8) is 0 Å². The Kier molecular flexibility index (Phi) is 5.35. The van der Waals surface area contributed by atoms with Crippen LogP contribution in [0.25, 0.3) is 11.3 Å². The van der Waals surface area contributed by atoms with Crippen molar-refractivity contribution < 1.29 is 9.18 Å². The summed E-state index contributed by atoms with van der Waals surface area (Å²) in [6.45, 7) is 1.67. The van der Waals surface area contributed by atoms with E-state index in [0.717, 1.165) is 11.3 Å². The number of hydrogen-bond donors (Lipinski definition) is 1. The van der Waals surface area contributed by atoms with Gasteiger partial charge < -0.3 is 5.32 Å². The summed E-state index contributed by atoms with van der Waals surface area (Å²) >= 11 is 1.26. The number of halogens is 1. The molecule has 3 aromatic rings. The van der Waals surface area contributed by atoms with Gasteiger partial charge in [0.1, 0.15) is 10.8 Å². The summed E-state index contributed by atoms with van der Waals surface area (Å²) in [4.78, 5) is 16.0. The van der Waals surface area contributed by atoms with Gasteiger partial charge in [0.15, 0.2) is 0 Å². The van der Waals surface area contributed by atoms with Gasteiger partial charge in [0.2, 0.25) is 5.91 Å². The highest BCUT2D eigenvalue weighted by Crippen LogP contribution is 2.19. The first-order valence-corrected chi connectivity index (χ1v) is 8.53. The normalized spacial score (nSPS) is 10.5. The van der Waals surface area contributed by atoms with Crippen LogP contribution in [0, 0.1) is 12.7 Å². The van der Waals surface area contributed by atoms with E-state index < -0.39 is 0 Å². The van der Waals surface area contributed by atoms with E-state index in [2.05, 4.69) is 20.5 Å². The van der Waals surface area contributed by atoms with Crippen LogP contribution >= 0.6 is 11.8 Å². The zero-order chi connectivity index (χ0) is 17.6. The van der Waals surface area contributed by atoms with Gasteiger partial charge in [0.05, 0.1) is 11.4 Å². The number of hydrogen-bond acceptors (Lipinski definition) is 5. The van der Waals surface area contributed by atoms with Crippen molar-refractivity contribution >= 4 is 23.4 Å². The SMILES string of the molecule is Cc1ccc(NC(=O)CSc2ccc(-c3cccnc3)nn2)cc1F. The molecule has 25 heavy (non-hydrogen) atoms. The van der Waals surface area contributed by atoms with E-state index >= 15 is 0 Å². The van der Waals surface area contributed by atoms with Crippen LogP contribution in [-0.4, -0.2) is 26.8 Å². The van der Waals surface area contributed by atoms with Gasteiger partial charge >= 0.3 is 0 Å². The summed E-state index contributed by atoms with van der Waals surface area (Å²) in [5.41, 5.74) is 2.57. The lowest BCUT2D eigenvalue weighted by Gasteiger charge is -2.06. The third-order valence-corrected chi connectivity index (χ3v) is 4.32. The molecule has 126 valence electrons. The number of anilines is 1. The first-order chi connectivity index (χ1) is 12.1. The highest BCUT2D eigenvalue weighted by atomic mass is 32.2. The minimum absolute atomic E-state index is 0.163. The third-order valence-electron chi connectivity index (χ3n) is 3.40. The lowest BCUT2D eigenvalue weighted by Crippen LogP contribution is -2.14. The van der Waals surface area contributed by atoms with Gasteiger partial charge in [-0.2, -0.15) is 0 Å². The fourth-order valence-corrected chi connectivity index (χ4v) is 2.69. The first-order valence-electron chi connectivity index (χ1n) is 7.55. The summed E-state index contributed by atoms with van der Waals surface area (Å²) in [6.07, 6.45) is 3.41. The minimum atomic E-state index is -0.345. The number of carbonyl (C=O) groups is 1. The van der Waals surface area contributed by atoms with Crippen LogP contribution in [0.15, 0.2) is 59.9 Å². The maximum atomic E-state index is 13.5. The number of amides is 1. The van der Waals surface area contributed by atoms with E-state index in [4.69, 9.17) is 0 Å². The average molecular weight is 354 g/mol. The van der Waals surface area contributed by atoms with E-state index in [1.807, 2.05) is 18.2 Å². The third kappa shape index (κ3) is 4.60. The summed E-state index contributed by atoms with van der Waals surface area (Å²) < 4.78 is 13.5. The topological polar surface area (TPSA) is 67.8 Å². The van der Waals surface area contributed by atoms with Crippen LogP contribution in [-0.2, 0) is 4.79 Å². The predicted octanol–water partition coefficient (Wildman–Crippen LogP) is 3.72. The van der Waals surface area contributed by atoms with Gasteiger partial charge in [-0.05, 0) is 48.9 Å². The number of nitrogens with one attached hydrogen (secondary N) is 1. The fourth-order valence-electron chi connectivity index (χ4n) is 2.07. The van der Waals surface area contributed by atoms with Crippen molar-refractivity contribution in [1.82, 2.24) is 15.2 Å². The molecule has 0 aliphatic heterocycles. The second-order valence-electron chi connectivity index (χ2n) is 5.30. The molecular formula is C18H15FN4OS. The zero-order valence-electron chi connectivity index (χ0n) is 13.4. The number of pyridine rings is 1. The summed E-state index contributed by atoms with van der Waals surface area (Å²) in [5.74, 6) is -0.412. The monoisotopic (exact) mass is 354 g/mol. The van der Waals surface area contributed by atoms with Crippen molar-refractivity contribution in [3.8, 4) is 11.3 Å². The molecule has 2 heterocycles. The molecule has 0 spiro atoms. The quantitative estimate of drug-likeness (QED) is 0.707. The summed E-state index contributed by atoms with van der Waals surface area (Å²) in [7, 11) is 0. The van der Waals surface area contributed by atoms with E-state index in [1.54, 1.807) is 37.5 Å². The molecule has 0 fully saturated rings. The van der Waals surface area contributed by atoms with E-state index in [0.29, 0.717) is 16.3 Å². The Morgan fingerprint density at radius 1 is 1.20 bits per heavy atom. The molecule has 5 nitrogen and oxygen atoms in total. The summed E-state index contributed by atoms with van der Waals surface area (Å²) in [6, 6.07) is 12.0. The number of benzene rings is 1. The van der Waals surface area contributed by atoms with Crippen LogP contribution < -0.4 is 5.32 Å². The van der Waals surface area contributed by atoms with Crippen molar-refractivity contribution in [1.29, 1.82) is 0 Å². The molecule has 2 aromatic heterocycles. The Balaban J connectivity index is 1.56. The molecule has 3 rings (SSSR count). The molecular weight excluding hydrogens is 339 g/mol. The number of aromatic nitrogens is 3. The number of rotatable bonds is 5. The lowest BCUT2D eigenvalue weighted by atomic mass is 10.2. The molecule has 0 aliphatic carbocycles. The molecule has 0 bridgehead atoms. The highest BCUT2D eigenvalue weighted by molar-refractivity contribution is 7.99. The average Bonchev–Trinajstić information content (AvgIpc) is 2.64. The van der Waals surface area contributed by atoms with Gasteiger partial charge in [-0.15, -0.1) is 10.2 Å². The zero-order valence-corrected chi connectivity index (χ0v) is 14.3. The summed E-state index contributed by atoms with van der Waals surface area (Å²) in [5, 5.41) is 11.5. The molecule has 1 amide bonds. The fraction of sp³-hybridized carbons (Fsp3) is 0.111. The molecule has 0 radical (unpaired) electrons. The molecule has 7 heteroatoms. The van der Waals surface area contributed by atoms with Crippen LogP contribution in [0.1, 0.15) is 5.56 Å². The van der Waals surface area contributed by atoms with E-state index in [9.17, 15) is 9.18 Å². The highest BCUT2D eigenvalue weighted by Gasteiger charge is 2.07. The van der Waals surface area contributed by atoms with E-state index in [1.165, 1.54) is 17.8 Å². The number of aryl methyl sites for hydroxylation is 1. The minimum Gasteiger partial charge on any atom is -0.325 e. The molecule has 0 aliphatic rings. The first kappa shape index (κ1) is 17.0. The van der Waals surface area contributed by atoms with Crippen molar-refractivity contribution in [2.45, 2.75) is 11.9 Å². The van der Waals surface area contributed by atoms with Crippen molar-refractivity contribution in [2.24, 2.45) is 0 Å².